The van der Waals surface area contributed by atoms with Crippen molar-refractivity contribution < 1.29 is 43.2 Å². The Morgan fingerprint density at radius 2 is 1.36 bits per heavy atom. The third-order valence-corrected chi connectivity index (χ3v) is 5.86. The number of pyridine rings is 1. The van der Waals surface area contributed by atoms with Crippen molar-refractivity contribution in [3.8, 4) is 0 Å². The molecule has 15 heteroatoms. The highest BCUT2D eigenvalue weighted by Crippen LogP contribution is 2.40. The summed E-state index contributed by atoms with van der Waals surface area (Å²) in [6, 6.07) is 1.02. The fourth-order valence-corrected chi connectivity index (χ4v) is 4.12. The highest BCUT2D eigenvalue weighted by Gasteiger charge is 2.62. The van der Waals surface area contributed by atoms with Crippen LogP contribution in [-0.2, 0) is 20.0 Å². The predicted octanol–water partition coefficient (Wildman–Crippen LogP) is 2.24. The van der Waals surface area contributed by atoms with Gasteiger partial charge < -0.3 is 0 Å². The second-order valence-corrected chi connectivity index (χ2v) is 7.56. The first kappa shape index (κ1) is 18.8. The predicted molar refractivity (Wildman–Crippen MR) is 61.7 cm³/mol. The molecule has 0 N–H and O–H groups in total. The van der Waals surface area contributed by atoms with E-state index in [2.05, 4.69) is 4.98 Å². The van der Waals surface area contributed by atoms with Crippen molar-refractivity contribution in [3.05, 3.63) is 23.5 Å². The number of rotatable bonds is 3. The maximum Gasteiger partial charge on any atom is 0.517 e. The molecule has 0 spiro atoms. The van der Waals surface area contributed by atoms with Gasteiger partial charge in [0.15, 0.2) is 5.15 Å². The van der Waals surface area contributed by atoms with Crippen molar-refractivity contribution >= 4 is 37.3 Å². The van der Waals surface area contributed by atoms with Crippen LogP contribution in [0.4, 0.5) is 32.0 Å². The molecule has 1 rings (SSSR count). The quantitative estimate of drug-likeness (QED) is 0.582. The SMILES string of the molecule is O=S(=O)(N(c1cccnc1Cl)S(=O)(=O)C(F)(F)F)C(F)(F)F. The summed E-state index contributed by atoms with van der Waals surface area (Å²) in [6.07, 6.45) is 0.796. The van der Waals surface area contributed by atoms with Gasteiger partial charge in [-0.05, 0) is 12.1 Å². The van der Waals surface area contributed by atoms with E-state index in [4.69, 9.17) is 11.6 Å². The van der Waals surface area contributed by atoms with Gasteiger partial charge in [-0.3, -0.25) is 0 Å². The highest BCUT2D eigenvalue weighted by atomic mass is 35.5. The van der Waals surface area contributed by atoms with Crippen LogP contribution in [0.5, 0.6) is 0 Å². The third kappa shape index (κ3) is 3.08. The second kappa shape index (κ2) is 5.42. The summed E-state index contributed by atoms with van der Waals surface area (Å²) in [5.41, 5.74) is -14.3. The first-order valence-corrected chi connectivity index (χ1v) is 7.93. The Balaban J connectivity index is 3.83. The molecular formula is C7H3ClF6N2O4S2. The molecule has 0 fully saturated rings. The summed E-state index contributed by atoms with van der Waals surface area (Å²) in [6.45, 7) is 0. The maximum absolute atomic E-state index is 12.5. The van der Waals surface area contributed by atoms with E-state index < -0.39 is 45.6 Å². The molecule has 126 valence electrons. The lowest BCUT2D eigenvalue weighted by Gasteiger charge is -2.25. The van der Waals surface area contributed by atoms with E-state index >= 15 is 0 Å². The van der Waals surface area contributed by atoms with Gasteiger partial charge in [-0.1, -0.05) is 11.6 Å². The number of sulfonamides is 2. The molecule has 22 heavy (non-hydrogen) atoms. The summed E-state index contributed by atoms with van der Waals surface area (Å²) >= 11 is 5.21. The average molecular weight is 393 g/mol. The molecule has 0 atom stereocenters. The van der Waals surface area contributed by atoms with E-state index in [-0.39, 0.29) is 0 Å². The lowest BCUT2D eigenvalue weighted by Crippen LogP contribution is -2.49. The molecular weight excluding hydrogens is 390 g/mol. The number of anilines is 1. The van der Waals surface area contributed by atoms with Crippen molar-refractivity contribution in [2.75, 3.05) is 3.71 Å². The van der Waals surface area contributed by atoms with Gasteiger partial charge in [0.05, 0.1) is 0 Å². The molecule has 0 saturated heterocycles. The van der Waals surface area contributed by atoms with Crippen LogP contribution in [0, 0.1) is 0 Å². The van der Waals surface area contributed by atoms with Crippen LogP contribution < -0.4 is 3.71 Å². The highest BCUT2D eigenvalue weighted by molar-refractivity contribution is 8.11. The minimum Gasteiger partial charge on any atom is -0.242 e. The van der Waals surface area contributed by atoms with Crippen LogP contribution in [-0.4, -0.2) is 32.8 Å². The molecule has 0 unspecified atom stereocenters. The topological polar surface area (TPSA) is 84.4 Å². The van der Waals surface area contributed by atoms with Gasteiger partial charge in [0.2, 0.25) is 0 Å². The van der Waals surface area contributed by atoms with E-state index in [9.17, 15) is 43.2 Å². The standard InChI is InChI=1S/C7H3ClF6N2O4S2/c8-5-4(2-1-3-15-5)16(21(17,18)6(9,10)11)22(19,20)7(12,13)14/h1-3H. The number of hydrogen-bond donors (Lipinski definition) is 0. The fraction of sp³-hybridized carbons (Fsp3) is 0.286. The molecule has 0 bridgehead atoms. The van der Waals surface area contributed by atoms with Crippen LogP contribution in [0.25, 0.3) is 0 Å². The Labute approximate surface area is 124 Å². The van der Waals surface area contributed by atoms with E-state index in [1.807, 2.05) is 0 Å². The van der Waals surface area contributed by atoms with Crippen LogP contribution in [0.2, 0.25) is 5.15 Å². The summed E-state index contributed by atoms with van der Waals surface area (Å²) in [5, 5.41) is -1.19. The van der Waals surface area contributed by atoms with Crippen LogP contribution in [0.15, 0.2) is 18.3 Å². The Morgan fingerprint density at radius 1 is 0.955 bits per heavy atom. The van der Waals surface area contributed by atoms with Crippen molar-refractivity contribution in [3.63, 3.8) is 0 Å². The van der Waals surface area contributed by atoms with Gasteiger partial charge in [0.25, 0.3) is 0 Å². The summed E-state index contributed by atoms with van der Waals surface area (Å²) < 4.78 is 118. The molecule has 1 aromatic heterocycles. The van der Waals surface area contributed by atoms with E-state index in [0.29, 0.717) is 12.1 Å². The Kier molecular flexibility index (Phi) is 4.62. The molecule has 0 aliphatic rings. The monoisotopic (exact) mass is 392 g/mol. The van der Waals surface area contributed by atoms with Gasteiger partial charge in [-0.25, -0.2) is 4.98 Å². The van der Waals surface area contributed by atoms with Gasteiger partial charge >= 0.3 is 31.1 Å². The smallest absolute Gasteiger partial charge is 0.242 e. The molecule has 1 heterocycles. The number of halogens is 7. The molecule has 0 aliphatic carbocycles. The van der Waals surface area contributed by atoms with Crippen molar-refractivity contribution in [2.45, 2.75) is 11.0 Å². The van der Waals surface area contributed by atoms with Crippen LogP contribution in [0.1, 0.15) is 0 Å². The lowest BCUT2D eigenvalue weighted by atomic mass is 10.4. The van der Waals surface area contributed by atoms with Crippen LogP contribution >= 0.6 is 11.6 Å². The van der Waals surface area contributed by atoms with Crippen molar-refractivity contribution in [1.29, 1.82) is 0 Å². The molecule has 0 aliphatic heterocycles. The van der Waals surface area contributed by atoms with E-state index in [0.717, 1.165) is 6.20 Å². The summed E-state index contributed by atoms with van der Waals surface area (Å²) in [4.78, 5) is 3.05. The molecule has 0 amide bonds. The minimum atomic E-state index is -6.95. The number of nitrogens with zero attached hydrogens (tertiary/aromatic N) is 2. The average Bonchev–Trinajstić information content (AvgIpc) is 2.28. The zero-order valence-electron chi connectivity index (χ0n) is 9.72. The fourth-order valence-electron chi connectivity index (χ4n) is 1.09. The van der Waals surface area contributed by atoms with Gasteiger partial charge in [-0.15, -0.1) is 3.71 Å². The molecule has 0 saturated carbocycles. The normalized spacial score (nSPS) is 14.0. The van der Waals surface area contributed by atoms with Gasteiger partial charge in [-0.2, -0.15) is 43.2 Å². The number of aromatic nitrogens is 1. The maximum atomic E-state index is 12.5. The van der Waals surface area contributed by atoms with Gasteiger partial charge in [0.1, 0.15) is 5.69 Å². The molecule has 0 aromatic carbocycles. The summed E-state index contributed by atoms with van der Waals surface area (Å²) in [7, 11) is -13.9. The van der Waals surface area contributed by atoms with E-state index in [1.54, 1.807) is 0 Å². The number of alkyl halides is 6. The first-order valence-electron chi connectivity index (χ1n) is 4.67. The third-order valence-electron chi connectivity index (χ3n) is 1.96. The molecule has 0 radical (unpaired) electrons. The Bertz CT molecular complexity index is 729. The van der Waals surface area contributed by atoms with Crippen molar-refractivity contribution in [1.82, 2.24) is 4.98 Å². The zero-order valence-corrected chi connectivity index (χ0v) is 12.1. The van der Waals surface area contributed by atoms with Crippen LogP contribution in [0.3, 0.4) is 0 Å². The number of hydrogen-bond acceptors (Lipinski definition) is 5. The zero-order chi connectivity index (χ0) is 17.6. The molecule has 1 aromatic rings. The second-order valence-electron chi connectivity index (χ2n) is 3.41. The first-order chi connectivity index (χ1) is 9.64. The Morgan fingerprint density at radius 3 is 1.68 bits per heavy atom. The minimum absolute atomic E-state index is 0.321. The summed E-state index contributed by atoms with van der Waals surface area (Å²) in [5.74, 6) is 0. The van der Waals surface area contributed by atoms with Gasteiger partial charge in [0, 0.05) is 6.20 Å². The lowest BCUT2D eigenvalue weighted by molar-refractivity contribution is -0.0462. The van der Waals surface area contributed by atoms with E-state index in [1.165, 1.54) is 0 Å². The Hall–Kier alpha value is -1.28. The largest absolute Gasteiger partial charge is 0.517 e. The van der Waals surface area contributed by atoms with Crippen molar-refractivity contribution in [2.24, 2.45) is 0 Å². The molecule has 6 nitrogen and oxygen atoms in total.